The second-order valence-corrected chi connectivity index (χ2v) is 5.21. The van der Waals surface area contributed by atoms with Crippen LogP contribution < -0.4 is 10.6 Å². The van der Waals surface area contributed by atoms with E-state index in [4.69, 9.17) is 0 Å². The van der Waals surface area contributed by atoms with Crippen LogP contribution in [0.4, 0.5) is 10.1 Å². The number of carbonyl (C=O) groups excluding carboxylic acids is 1. The lowest BCUT2D eigenvalue weighted by Crippen LogP contribution is -2.32. The van der Waals surface area contributed by atoms with Gasteiger partial charge in [-0.05, 0) is 48.4 Å². The monoisotopic (exact) mass is 284 g/mol. The molecule has 0 bridgehead atoms. The van der Waals surface area contributed by atoms with Gasteiger partial charge in [-0.15, -0.1) is 0 Å². The Hall–Kier alpha value is -2.20. The van der Waals surface area contributed by atoms with Crippen molar-refractivity contribution in [2.75, 3.05) is 11.9 Å². The van der Waals surface area contributed by atoms with E-state index in [1.54, 1.807) is 12.1 Å². The number of carbonyl (C=O) groups is 1. The SMILES string of the molecule is O=C(CC1NCCc2ccccc21)Nc1ccc(F)cc1. The zero-order chi connectivity index (χ0) is 14.7. The van der Waals surface area contributed by atoms with Crippen LogP contribution >= 0.6 is 0 Å². The van der Waals surface area contributed by atoms with Crippen molar-refractivity contribution in [2.45, 2.75) is 18.9 Å². The van der Waals surface area contributed by atoms with Crippen LogP contribution in [0.15, 0.2) is 48.5 Å². The van der Waals surface area contributed by atoms with Gasteiger partial charge in [0.1, 0.15) is 5.82 Å². The number of anilines is 1. The molecule has 1 atom stereocenters. The summed E-state index contributed by atoms with van der Waals surface area (Å²) in [4.78, 5) is 12.1. The predicted octanol–water partition coefficient (Wildman–Crippen LogP) is 3.04. The van der Waals surface area contributed by atoms with Crippen molar-refractivity contribution in [1.29, 1.82) is 0 Å². The predicted molar refractivity (Wildman–Crippen MR) is 80.5 cm³/mol. The first-order valence-electron chi connectivity index (χ1n) is 7.09. The van der Waals surface area contributed by atoms with Gasteiger partial charge in [-0.2, -0.15) is 0 Å². The second kappa shape index (κ2) is 6.06. The maximum Gasteiger partial charge on any atom is 0.226 e. The minimum atomic E-state index is -0.309. The van der Waals surface area contributed by atoms with Crippen molar-refractivity contribution in [3.05, 3.63) is 65.5 Å². The molecule has 0 saturated carbocycles. The van der Waals surface area contributed by atoms with E-state index in [9.17, 15) is 9.18 Å². The first-order valence-corrected chi connectivity index (χ1v) is 7.09. The van der Waals surface area contributed by atoms with Crippen molar-refractivity contribution in [2.24, 2.45) is 0 Å². The Morgan fingerprint density at radius 2 is 1.95 bits per heavy atom. The summed E-state index contributed by atoms with van der Waals surface area (Å²) >= 11 is 0. The van der Waals surface area contributed by atoms with Gasteiger partial charge < -0.3 is 10.6 Å². The maximum atomic E-state index is 12.8. The van der Waals surface area contributed by atoms with Crippen LogP contribution in [0.2, 0.25) is 0 Å². The lowest BCUT2D eigenvalue weighted by atomic mass is 9.92. The number of hydrogen-bond donors (Lipinski definition) is 2. The molecule has 0 aromatic heterocycles. The summed E-state index contributed by atoms with van der Waals surface area (Å²) in [6.07, 6.45) is 1.36. The normalized spacial score (nSPS) is 17.1. The summed E-state index contributed by atoms with van der Waals surface area (Å²) in [6.45, 7) is 0.880. The summed E-state index contributed by atoms with van der Waals surface area (Å²) in [5, 5.41) is 6.18. The molecule has 0 aliphatic carbocycles. The van der Waals surface area contributed by atoms with Crippen molar-refractivity contribution in [3.63, 3.8) is 0 Å². The average Bonchev–Trinajstić information content (AvgIpc) is 2.50. The molecule has 0 fully saturated rings. The molecule has 0 radical (unpaired) electrons. The molecular formula is C17H17FN2O. The first kappa shape index (κ1) is 13.8. The fourth-order valence-corrected chi connectivity index (χ4v) is 2.71. The van der Waals surface area contributed by atoms with E-state index in [2.05, 4.69) is 22.8 Å². The topological polar surface area (TPSA) is 41.1 Å². The number of rotatable bonds is 3. The van der Waals surface area contributed by atoms with Gasteiger partial charge in [0, 0.05) is 18.2 Å². The van der Waals surface area contributed by atoms with Gasteiger partial charge in [0.2, 0.25) is 5.91 Å². The van der Waals surface area contributed by atoms with E-state index in [0.29, 0.717) is 12.1 Å². The molecule has 3 rings (SSSR count). The number of fused-ring (bicyclic) bond motifs is 1. The Morgan fingerprint density at radius 1 is 1.19 bits per heavy atom. The summed E-state index contributed by atoms with van der Waals surface area (Å²) in [5.74, 6) is -0.383. The highest BCUT2D eigenvalue weighted by molar-refractivity contribution is 5.91. The Labute approximate surface area is 123 Å². The van der Waals surface area contributed by atoms with Crippen LogP contribution in [0, 0.1) is 5.82 Å². The van der Waals surface area contributed by atoms with Crippen LogP contribution in [0.25, 0.3) is 0 Å². The molecule has 108 valence electrons. The molecule has 2 N–H and O–H groups in total. The van der Waals surface area contributed by atoms with Crippen LogP contribution in [0.3, 0.4) is 0 Å². The molecule has 1 aliphatic rings. The average molecular weight is 284 g/mol. The Kier molecular flexibility index (Phi) is 3.97. The first-order chi connectivity index (χ1) is 10.2. The van der Waals surface area contributed by atoms with E-state index in [0.717, 1.165) is 13.0 Å². The third-order valence-corrected chi connectivity index (χ3v) is 3.73. The highest BCUT2D eigenvalue weighted by atomic mass is 19.1. The van der Waals surface area contributed by atoms with E-state index < -0.39 is 0 Å². The maximum absolute atomic E-state index is 12.8. The van der Waals surface area contributed by atoms with E-state index in [1.807, 2.05) is 12.1 Å². The molecule has 2 aromatic carbocycles. The number of benzene rings is 2. The van der Waals surface area contributed by atoms with Crippen LogP contribution in [-0.4, -0.2) is 12.5 Å². The Balaban J connectivity index is 1.67. The molecule has 3 nitrogen and oxygen atoms in total. The molecule has 1 heterocycles. The second-order valence-electron chi connectivity index (χ2n) is 5.21. The van der Waals surface area contributed by atoms with Crippen molar-refractivity contribution < 1.29 is 9.18 Å². The molecule has 0 spiro atoms. The largest absolute Gasteiger partial charge is 0.326 e. The van der Waals surface area contributed by atoms with Gasteiger partial charge in [-0.3, -0.25) is 4.79 Å². The summed E-state index contributed by atoms with van der Waals surface area (Å²) in [7, 11) is 0. The number of amides is 1. The van der Waals surface area contributed by atoms with E-state index >= 15 is 0 Å². The Morgan fingerprint density at radius 3 is 2.76 bits per heavy atom. The minimum Gasteiger partial charge on any atom is -0.326 e. The molecule has 2 aromatic rings. The van der Waals surface area contributed by atoms with Crippen LogP contribution in [-0.2, 0) is 11.2 Å². The van der Waals surface area contributed by atoms with E-state index in [1.165, 1.54) is 23.3 Å². The minimum absolute atomic E-state index is 0.0374. The lowest BCUT2D eigenvalue weighted by molar-refractivity contribution is -0.116. The smallest absolute Gasteiger partial charge is 0.226 e. The molecule has 4 heteroatoms. The lowest BCUT2D eigenvalue weighted by Gasteiger charge is -2.26. The summed E-state index contributed by atoms with van der Waals surface area (Å²) < 4.78 is 12.8. The quantitative estimate of drug-likeness (QED) is 0.909. The van der Waals surface area contributed by atoms with E-state index in [-0.39, 0.29) is 17.8 Å². The van der Waals surface area contributed by atoms with Crippen molar-refractivity contribution in [1.82, 2.24) is 5.32 Å². The molecular weight excluding hydrogens is 267 g/mol. The van der Waals surface area contributed by atoms with Gasteiger partial charge >= 0.3 is 0 Å². The molecule has 1 unspecified atom stereocenters. The van der Waals surface area contributed by atoms with Gasteiger partial charge in [0.05, 0.1) is 0 Å². The zero-order valence-electron chi connectivity index (χ0n) is 11.6. The number of halogens is 1. The highest BCUT2D eigenvalue weighted by Crippen LogP contribution is 2.25. The third kappa shape index (κ3) is 3.28. The van der Waals surface area contributed by atoms with Gasteiger partial charge in [0.15, 0.2) is 0 Å². The molecule has 21 heavy (non-hydrogen) atoms. The molecule has 1 amide bonds. The molecule has 1 aliphatic heterocycles. The zero-order valence-corrected chi connectivity index (χ0v) is 11.6. The molecule has 0 saturated heterocycles. The fourth-order valence-electron chi connectivity index (χ4n) is 2.71. The van der Waals surface area contributed by atoms with Gasteiger partial charge in [-0.25, -0.2) is 4.39 Å². The standard InChI is InChI=1S/C17H17FN2O/c18-13-5-7-14(8-6-13)20-17(21)11-16-15-4-2-1-3-12(15)9-10-19-16/h1-8,16,19H,9-11H2,(H,20,21). The van der Waals surface area contributed by atoms with Crippen molar-refractivity contribution >= 4 is 11.6 Å². The number of nitrogens with one attached hydrogen (secondary N) is 2. The Bertz CT molecular complexity index is 639. The van der Waals surface area contributed by atoms with Gasteiger partial charge in [-0.1, -0.05) is 24.3 Å². The number of hydrogen-bond acceptors (Lipinski definition) is 2. The van der Waals surface area contributed by atoms with Gasteiger partial charge in [0.25, 0.3) is 0 Å². The van der Waals surface area contributed by atoms with Crippen LogP contribution in [0.5, 0.6) is 0 Å². The van der Waals surface area contributed by atoms with Crippen molar-refractivity contribution in [3.8, 4) is 0 Å². The van der Waals surface area contributed by atoms with Crippen LogP contribution in [0.1, 0.15) is 23.6 Å². The highest BCUT2D eigenvalue weighted by Gasteiger charge is 2.21. The summed E-state index contributed by atoms with van der Waals surface area (Å²) in [5.41, 5.74) is 3.11. The summed E-state index contributed by atoms with van der Waals surface area (Å²) in [6, 6.07) is 14.0. The fraction of sp³-hybridized carbons (Fsp3) is 0.235. The third-order valence-electron chi connectivity index (χ3n) is 3.73.